The first-order valence-corrected chi connectivity index (χ1v) is 14.9. The van der Waals surface area contributed by atoms with Crippen LogP contribution in [0.4, 0.5) is 0 Å². The molecule has 1 aliphatic rings. The molecule has 1 nitrogen and oxygen atoms in total. The second-order valence-corrected chi connectivity index (χ2v) is 11.6. The van der Waals surface area contributed by atoms with Gasteiger partial charge in [0.15, 0.2) is 0 Å². The van der Waals surface area contributed by atoms with Gasteiger partial charge in [0, 0.05) is 16.3 Å². The number of rotatable bonds is 2. The van der Waals surface area contributed by atoms with E-state index < -0.39 is 0 Å². The van der Waals surface area contributed by atoms with Gasteiger partial charge >= 0.3 is 0 Å². The Hall–Kier alpha value is -5.66. The van der Waals surface area contributed by atoms with Crippen molar-refractivity contribution in [3.63, 3.8) is 0 Å². The maximum absolute atomic E-state index is 6.69. The molecule has 0 fully saturated rings. The quantitative estimate of drug-likeness (QED) is 0.197. The van der Waals surface area contributed by atoms with Gasteiger partial charge in [-0.1, -0.05) is 133 Å². The molecule has 0 aliphatic carbocycles. The third-order valence-corrected chi connectivity index (χ3v) is 9.42. The minimum Gasteiger partial charge on any atom is -0.455 e. The topological polar surface area (TPSA) is 9.23 Å². The van der Waals surface area contributed by atoms with Crippen LogP contribution in [0.2, 0.25) is 0 Å². The molecule has 198 valence electrons. The lowest BCUT2D eigenvalue weighted by atomic mass is 9.85. The molecule has 9 aromatic rings. The molecule has 0 bridgehead atoms. The summed E-state index contributed by atoms with van der Waals surface area (Å²) in [6.07, 6.45) is 0. The van der Waals surface area contributed by atoms with Gasteiger partial charge in [0.05, 0.1) is 0 Å². The highest BCUT2D eigenvalue weighted by molar-refractivity contribution is 6.28. The van der Waals surface area contributed by atoms with Gasteiger partial charge in [0.1, 0.15) is 11.5 Å². The lowest BCUT2D eigenvalue weighted by Crippen LogP contribution is -1.99. The predicted octanol–water partition coefficient (Wildman–Crippen LogP) is 12.0. The molecule has 0 saturated heterocycles. The van der Waals surface area contributed by atoms with Crippen LogP contribution >= 0.6 is 0 Å². The Balaban J connectivity index is 1.25. The normalized spacial score (nSPS) is 12.4. The predicted molar refractivity (Wildman–Crippen MR) is 182 cm³/mol. The van der Waals surface area contributed by atoms with Gasteiger partial charge in [-0.3, -0.25) is 0 Å². The minimum atomic E-state index is 0.920. The SMILES string of the molecule is c1ccc(-c2ccc3ccc4c(-c5ccc6c7c(cccc57)-c5ccc7ccccc7c5O6)ccc5ccc2c3c54)cc1. The van der Waals surface area contributed by atoms with E-state index in [2.05, 4.69) is 146 Å². The molecule has 43 heavy (non-hydrogen) atoms. The van der Waals surface area contributed by atoms with Gasteiger partial charge in [-0.15, -0.1) is 0 Å². The van der Waals surface area contributed by atoms with Crippen LogP contribution in [0.1, 0.15) is 0 Å². The fourth-order valence-corrected chi connectivity index (χ4v) is 7.50. The summed E-state index contributed by atoms with van der Waals surface area (Å²) in [6, 6.07) is 53.0. The van der Waals surface area contributed by atoms with E-state index in [-0.39, 0.29) is 0 Å². The van der Waals surface area contributed by atoms with Crippen molar-refractivity contribution >= 4 is 53.9 Å². The van der Waals surface area contributed by atoms with E-state index in [1.165, 1.54) is 76.3 Å². The van der Waals surface area contributed by atoms with E-state index in [1.54, 1.807) is 0 Å². The zero-order valence-corrected chi connectivity index (χ0v) is 23.3. The molecule has 1 heteroatoms. The van der Waals surface area contributed by atoms with E-state index in [0.29, 0.717) is 0 Å². The zero-order chi connectivity index (χ0) is 28.1. The smallest absolute Gasteiger partial charge is 0.143 e. The fraction of sp³-hybridized carbons (Fsp3) is 0. The molecule has 1 aliphatic heterocycles. The third kappa shape index (κ3) is 3.11. The summed E-state index contributed by atoms with van der Waals surface area (Å²) in [5.74, 6) is 1.87. The second kappa shape index (κ2) is 8.44. The van der Waals surface area contributed by atoms with Crippen molar-refractivity contribution < 1.29 is 4.74 Å². The molecule has 0 radical (unpaired) electrons. The lowest BCUT2D eigenvalue weighted by Gasteiger charge is -2.24. The summed E-state index contributed by atoms with van der Waals surface area (Å²) in [4.78, 5) is 0. The lowest BCUT2D eigenvalue weighted by molar-refractivity contribution is 0.493. The zero-order valence-electron chi connectivity index (χ0n) is 23.3. The molecule has 1 heterocycles. The molecule has 0 saturated carbocycles. The van der Waals surface area contributed by atoms with Gasteiger partial charge in [0.2, 0.25) is 0 Å². The monoisotopic (exact) mass is 544 g/mol. The van der Waals surface area contributed by atoms with Crippen LogP contribution in [0, 0.1) is 0 Å². The highest BCUT2D eigenvalue weighted by atomic mass is 16.5. The van der Waals surface area contributed by atoms with Crippen LogP contribution < -0.4 is 4.74 Å². The van der Waals surface area contributed by atoms with Crippen molar-refractivity contribution in [2.75, 3.05) is 0 Å². The average molecular weight is 545 g/mol. The van der Waals surface area contributed by atoms with E-state index in [9.17, 15) is 0 Å². The second-order valence-electron chi connectivity index (χ2n) is 11.6. The Bertz CT molecular complexity index is 2580. The summed E-state index contributed by atoms with van der Waals surface area (Å²) in [6.45, 7) is 0. The highest BCUT2D eigenvalue weighted by Crippen LogP contribution is 2.52. The molecule has 0 atom stereocenters. The standard InChI is InChI=1S/C42H24O/c1-2-7-25(8-3-1)29-18-14-27-17-21-36-31(19-15-28-16-20-35(29)39(27)40(28)36)32-23-24-38-41-33(32)11-6-12-34(41)37-22-13-26-9-4-5-10-30(26)42(37)43-38/h1-24H. The molecule has 0 unspecified atom stereocenters. The van der Waals surface area contributed by atoms with Crippen LogP contribution in [0.25, 0.3) is 87.2 Å². The van der Waals surface area contributed by atoms with Crippen LogP contribution in [0.3, 0.4) is 0 Å². The van der Waals surface area contributed by atoms with Crippen molar-refractivity contribution in [2.45, 2.75) is 0 Å². The van der Waals surface area contributed by atoms with Gasteiger partial charge in [0.25, 0.3) is 0 Å². The molecule has 0 amide bonds. The highest BCUT2D eigenvalue weighted by Gasteiger charge is 2.24. The third-order valence-electron chi connectivity index (χ3n) is 9.42. The number of hydrogen-bond acceptors (Lipinski definition) is 1. The molecule has 10 rings (SSSR count). The van der Waals surface area contributed by atoms with Crippen LogP contribution in [-0.4, -0.2) is 0 Å². The first kappa shape index (κ1) is 23.0. The Kier molecular flexibility index (Phi) is 4.51. The van der Waals surface area contributed by atoms with Crippen molar-refractivity contribution in [1.82, 2.24) is 0 Å². The van der Waals surface area contributed by atoms with Crippen molar-refractivity contribution in [3.05, 3.63) is 146 Å². The Morgan fingerprint density at radius 3 is 1.70 bits per heavy atom. The fourth-order valence-electron chi connectivity index (χ4n) is 7.50. The van der Waals surface area contributed by atoms with Gasteiger partial charge in [-0.2, -0.15) is 0 Å². The molecule has 0 N–H and O–H groups in total. The number of ether oxygens (including phenoxy) is 1. The van der Waals surface area contributed by atoms with E-state index in [0.717, 1.165) is 22.4 Å². The van der Waals surface area contributed by atoms with Gasteiger partial charge in [-0.25, -0.2) is 0 Å². The van der Waals surface area contributed by atoms with Crippen molar-refractivity contribution in [1.29, 1.82) is 0 Å². The van der Waals surface area contributed by atoms with Crippen molar-refractivity contribution in [3.8, 4) is 44.9 Å². The van der Waals surface area contributed by atoms with E-state index in [1.807, 2.05) is 0 Å². The number of benzene rings is 9. The minimum absolute atomic E-state index is 0.920. The largest absolute Gasteiger partial charge is 0.455 e. The molecule has 0 spiro atoms. The van der Waals surface area contributed by atoms with Crippen LogP contribution in [0.15, 0.2) is 146 Å². The molecular weight excluding hydrogens is 520 g/mol. The summed E-state index contributed by atoms with van der Waals surface area (Å²) in [7, 11) is 0. The van der Waals surface area contributed by atoms with Gasteiger partial charge < -0.3 is 4.74 Å². The Morgan fingerprint density at radius 2 is 0.884 bits per heavy atom. The van der Waals surface area contributed by atoms with E-state index in [4.69, 9.17) is 4.74 Å². The number of hydrogen-bond donors (Lipinski definition) is 0. The Morgan fingerprint density at radius 1 is 0.302 bits per heavy atom. The number of fused-ring (bicyclic) bond motifs is 4. The Labute approximate surface area is 248 Å². The van der Waals surface area contributed by atoms with E-state index >= 15 is 0 Å². The summed E-state index contributed by atoms with van der Waals surface area (Å²) >= 11 is 0. The molecule has 0 aromatic heterocycles. The molecule has 9 aromatic carbocycles. The van der Waals surface area contributed by atoms with Crippen LogP contribution in [0.5, 0.6) is 11.5 Å². The van der Waals surface area contributed by atoms with Gasteiger partial charge in [-0.05, 0) is 83.0 Å². The van der Waals surface area contributed by atoms with Crippen molar-refractivity contribution in [2.24, 2.45) is 0 Å². The summed E-state index contributed by atoms with van der Waals surface area (Å²) < 4.78 is 6.69. The first-order chi connectivity index (χ1) is 21.3. The first-order valence-electron chi connectivity index (χ1n) is 14.9. The summed E-state index contributed by atoms with van der Waals surface area (Å²) in [5.41, 5.74) is 7.38. The maximum Gasteiger partial charge on any atom is 0.143 e. The molecular formula is C42H24O. The average Bonchev–Trinajstić information content (AvgIpc) is 3.08. The maximum atomic E-state index is 6.69. The summed E-state index contributed by atoms with van der Waals surface area (Å²) in [5, 5.41) is 12.5. The van der Waals surface area contributed by atoms with Crippen LogP contribution in [-0.2, 0) is 0 Å².